The smallest absolute Gasteiger partial charge is 0.264 e. The lowest BCUT2D eigenvalue weighted by Gasteiger charge is -2.06. The molecule has 0 fully saturated rings. The van der Waals surface area contributed by atoms with Crippen molar-refractivity contribution in [2.45, 2.75) is 39.4 Å². The van der Waals surface area contributed by atoms with Gasteiger partial charge in [-0.1, -0.05) is 24.2 Å². The highest BCUT2D eigenvalue weighted by Crippen LogP contribution is 2.15. The van der Waals surface area contributed by atoms with Crippen LogP contribution in [0.25, 0.3) is 0 Å². The van der Waals surface area contributed by atoms with Crippen LogP contribution in [0, 0.1) is 0 Å². The fraction of sp³-hybridized carbons (Fsp3) is 0.429. The van der Waals surface area contributed by atoms with E-state index >= 15 is 0 Å². The Labute approximate surface area is 112 Å². The third-order valence-corrected chi connectivity index (χ3v) is 2.64. The Kier molecular flexibility index (Phi) is 4.52. The van der Waals surface area contributed by atoms with Crippen LogP contribution in [0.3, 0.4) is 0 Å². The minimum atomic E-state index is -0.336. The summed E-state index contributed by atoms with van der Waals surface area (Å²) in [5, 5.41) is 13.1. The molecule has 0 spiro atoms. The van der Waals surface area contributed by atoms with Crippen molar-refractivity contribution in [3.63, 3.8) is 0 Å². The molecule has 0 aliphatic carbocycles. The van der Waals surface area contributed by atoms with Gasteiger partial charge in [0.05, 0.1) is 6.10 Å². The fourth-order valence-corrected chi connectivity index (χ4v) is 1.70. The first-order valence-electron chi connectivity index (χ1n) is 6.38. The molecule has 2 rings (SSSR count). The molecule has 5 nitrogen and oxygen atoms in total. The second kappa shape index (κ2) is 6.33. The molecule has 0 amide bonds. The van der Waals surface area contributed by atoms with Crippen molar-refractivity contribution in [1.29, 1.82) is 0 Å². The second-order valence-corrected chi connectivity index (χ2v) is 4.44. The van der Waals surface area contributed by atoms with Gasteiger partial charge < -0.3 is 14.4 Å². The van der Waals surface area contributed by atoms with Crippen LogP contribution in [-0.4, -0.2) is 21.4 Å². The molecule has 0 aliphatic rings. The molecule has 5 heteroatoms. The van der Waals surface area contributed by atoms with E-state index in [0.29, 0.717) is 18.1 Å². The summed E-state index contributed by atoms with van der Waals surface area (Å²) in [6.07, 6.45) is 1.05. The Bertz CT molecular complexity index is 506. The van der Waals surface area contributed by atoms with E-state index < -0.39 is 0 Å². The Balaban J connectivity index is 1.89. The van der Waals surface area contributed by atoms with Gasteiger partial charge in [-0.3, -0.25) is 0 Å². The van der Waals surface area contributed by atoms with Crippen LogP contribution in [0.2, 0.25) is 0 Å². The number of hydrogen-bond acceptors (Lipinski definition) is 5. The first-order chi connectivity index (χ1) is 9.17. The molecule has 0 saturated heterocycles. The van der Waals surface area contributed by atoms with Crippen LogP contribution < -0.4 is 4.74 Å². The van der Waals surface area contributed by atoms with E-state index in [1.54, 1.807) is 6.92 Å². The average molecular weight is 262 g/mol. The van der Waals surface area contributed by atoms with E-state index in [2.05, 4.69) is 10.1 Å². The third-order valence-electron chi connectivity index (χ3n) is 2.64. The lowest BCUT2D eigenvalue weighted by atomic mass is 10.1. The molecule has 0 bridgehead atoms. The van der Waals surface area contributed by atoms with Gasteiger partial charge in [-0.15, -0.1) is 0 Å². The molecule has 0 radical (unpaired) electrons. The van der Waals surface area contributed by atoms with Crippen molar-refractivity contribution in [1.82, 2.24) is 10.1 Å². The van der Waals surface area contributed by atoms with E-state index in [9.17, 15) is 5.11 Å². The van der Waals surface area contributed by atoms with Crippen molar-refractivity contribution in [3.8, 4) is 5.75 Å². The zero-order chi connectivity index (χ0) is 13.7. The number of nitrogens with zero attached hydrogens (tertiary/aromatic N) is 2. The van der Waals surface area contributed by atoms with Crippen LogP contribution >= 0.6 is 0 Å². The summed E-state index contributed by atoms with van der Waals surface area (Å²) < 4.78 is 10.6. The molecule has 1 heterocycles. The Morgan fingerprint density at radius 1 is 1.32 bits per heavy atom. The average Bonchev–Trinajstić information content (AvgIpc) is 2.85. The van der Waals surface area contributed by atoms with Gasteiger partial charge in [-0.05, 0) is 31.0 Å². The van der Waals surface area contributed by atoms with Gasteiger partial charge in [0.1, 0.15) is 5.75 Å². The molecule has 19 heavy (non-hydrogen) atoms. The van der Waals surface area contributed by atoms with E-state index in [1.807, 2.05) is 31.2 Å². The fourth-order valence-electron chi connectivity index (χ4n) is 1.70. The second-order valence-electron chi connectivity index (χ2n) is 4.44. The van der Waals surface area contributed by atoms with Crippen LogP contribution in [-0.2, 0) is 19.4 Å². The molecule has 1 N–H and O–H groups in total. The largest absolute Gasteiger partial charge is 0.484 e. The quantitative estimate of drug-likeness (QED) is 0.863. The molecule has 0 saturated carbocycles. The number of aromatic nitrogens is 2. The Morgan fingerprint density at radius 2 is 2.05 bits per heavy atom. The maximum Gasteiger partial charge on any atom is 0.264 e. The predicted molar refractivity (Wildman–Crippen MR) is 69.8 cm³/mol. The van der Waals surface area contributed by atoms with Gasteiger partial charge in [0.15, 0.2) is 12.4 Å². The van der Waals surface area contributed by atoms with Gasteiger partial charge in [0.25, 0.3) is 5.89 Å². The zero-order valence-corrected chi connectivity index (χ0v) is 11.2. The van der Waals surface area contributed by atoms with E-state index in [4.69, 9.17) is 9.26 Å². The number of aliphatic hydroxyl groups is 1. The summed E-state index contributed by atoms with van der Waals surface area (Å²) in [5.41, 5.74) is 1.08. The number of hydrogen-bond donors (Lipinski definition) is 1. The summed E-state index contributed by atoms with van der Waals surface area (Å²) in [6, 6.07) is 7.62. The number of aliphatic hydroxyl groups excluding tert-OH is 1. The van der Waals surface area contributed by atoms with Gasteiger partial charge >= 0.3 is 0 Å². The monoisotopic (exact) mass is 262 g/mol. The maximum atomic E-state index is 9.29. The zero-order valence-electron chi connectivity index (χ0n) is 11.2. The van der Waals surface area contributed by atoms with Gasteiger partial charge in [0.2, 0.25) is 0 Å². The molecular weight excluding hydrogens is 244 g/mol. The molecule has 1 unspecified atom stereocenters. The third kappa shape index (κ3) is 4.06. The summed E-state index contributed by atoms with van der Waals surface area (Å²) >= 11 is 0. The topological polar surface area (TPSA) is 68.4 Å². The van der Waals surface area contributed by atoms with Crippen LogP contribution in [0.15, 0.2) is 28.8 Å². The molecule has 2 aromatic rings. The Hall–Kier alpha value is -1.88. The van der Waals surface area contributed by atoms with Gasteiger partial charge in [-0.25, -0.2) is 0 Å². The summed E-state index contributed by atoms with van der Waals surface area (Å²) in [6.45, 7) is 4.00. The lowest BCUT2D eigenvalue weighted by molar-refractivity contribution is 0.195. The minimum Gasteiger partial charge on any atom is -0.484 e. The van der Waals surface area contributed by atoms with Crippen LogP contribution in [0.5, 0.6) is 5.75 Å². The highest BCUT2D eigenvalue weighted by atomic mass is 16.5. The van der Waals surface area contributed by atoms with Crippen molar-refractivity contribution in [2.24, 2.45) is 0 Å². The van der Waals surface area contributed by atoms with Gasteiger partial charge in [-0.2, -0.15) is 4.98 Å². The highest BCUT2D eigenvalue weighted by Gasteiger charge is 2.05. The molecular formula is C14H18N2O3. The van der Waals surface area contributed by atoms with Crippen LogP contribution in [0.4, 0.5) is 0 Å². The Morgan fingerprint density at radius 3 is 2.63 bits per heavy atom. The first kappa shape index (κ1) is 13.5. The van der Waals surface area contributed by atoms with E-state index in [0.717, 1.165) is 17.7 Å². The van der Waals surface area contributed by atoms with E-state index in [-0.39, 0.29) is 12.7 Å². The summed E-state index contributed by atoms with van der Waals surface area (Å²) in [4.78, 5) is 4.16. The SMILES string of the molecule is CCc1noc(COc2ccc(CC(C)O)cc2)n1. The van der Waals surface area contributed by atoms with Crippen molar-refractivity contribution in [2.75, 3.05) is 0 Å². The number of benzene rings is 1. The van der Waals surface area contributed by atoms with Crippen molar-refractivity contribution < 1.29 is 14.4 Å². The molecule has 102 valence electrons. The lowest BCUT2D eigenvalue weighted by Crippen LogP contribution is -2.04. The predicted octanol–water partition coefficient (Wildman–Crippen LogP) is 2.13. The minimum absolute atomic E-state index is 0.267. The number of aryl methyl sites for hydroxylation is 1. The van der Waals surface area contributed by atoms with E-state index in [1.165, 1.54) is 0 Å². The number of ether oxygens (including phenoxy) is 1. The maximum absolute atomic E-state index is 9.29. The highest BCUT2D eigenvalue weighted by molar-refractivity contribution is 5.27. The van der Waals surface area contributed by atoms with Crippen molar-refractivity contribution in [3.05, 3.63) is 41.5 Å². The van der Waals surface area contributed by atoms with Gasteiger partial charge in [0, 0.05) is 6.42 Å². The standard InChI is InChI=1S/C14H18N2O3/c1-3-13-15-14(19-16-13)9-18-12-6-4-11(5-7-12)8-10(2)17/h4-7,10,17H,3,8-9H2,1-2H3. The number of rotatable bonds is 6. The summed E-state index contributed by atoms with van der Waals surface area (Å²) in [5.74, 6) is 1.90. The van der Waals surface area contributed by atoms with Crippen molar-refractivity contribution >= 4 is 0 Å². The summed E-state index contributed by atoms with van der Waals surface area (Å²) in [7, 11) is 0. The first-order valence-corrected chi connectivity index (χ1v) is 6.38. The normalized spacial score (nSPS) is 12.4. The molecule has 0 aliphatic heterocycles. The molecule has 1 atom stereocenters. The molecule has 1 aromatic carbocycles. The van der Waals surface area contributed by atoms with Crippen LogP contribution in [0.1, 0.15) is 31.1 Å². The molecule has 1 aromatic heterocycles.